The van der Waals surface area contributed by atoms with E-state index in [-0.39, 0.29) is 12.0 Å². The van der Waals surface area contributed by atoms with E-state index in [1.165, 1.54) is 0 Å². The minimum Gasteiger partial charge on any atom is -0.491 e. The number of nitrogens with zero attached hydrogens (tertiary/aromatic N) is 5. The summed E-state index contributed by atoms with van der Waals surface area (Å²) in [4.78, 5) is 30.2. The predicted octanol–water partition coefficient (Wildman–Crippen LogP) is 4.69. The molecule has 37 heavy (non-hydrogen) atoms. The van der Waals surface area contributed by atoms with Gasteiger partial charge in [0.1, 0.15) is 29.2 Å². The van der Waals surface area contributed by atoms with E-state index >= 15 is 0 Å². The molecule has 2 aliphatic heterocycles. The number of carbonyl (C=O) groups is 1. The van der Waals surface area contributed by atoms with Crippen LogP contribution in [-0.2, 0) is 9.53 Å². The number of alkyl halides is 1. The molecule has 8 nitrogen and oxygen atoms in total. The van der Waals surface area contributed by atoms with E-state index in [9.17, 15) is 4.79 Å². The second kappa shape index (κ2) is 11.6. The molecule has 0 N–H and O–H groups in total. The molecule has 2 aromatic heterocycles. The van der Waals surface area contributed by atoms with Crippen molar-refractivity contribution in [1.82, 2.24) is 19.9 Å². The van der Waals surface area contributed by atoms with Crippen LogP contribution in [0.25, 0.3) is 22.5 Å². The van der Waals surface area contributed by atoms with E-state index in [4.69, 9.17) is 42.6 Å². The number of piperazine rings is 1. The van der Waals surface area contributed by atoms with Crippen LogP contribution in [-0.4, -0.2) is 76.6 Å². The molecule has 2 aliphatic rings. The number of rotatable bonds is 7. The molecule has 0 radical (unpaired) electrons. The summed E-state index contributed by atoms with van der Waals surface area (Å²) in [7, 11) is 0. The summed E-state index contributed by atoms with van der Waals surface area (Å²) >= 11 is 12.6. The number of ether oxygens (including phenoxy) is 2. The Kier molecular flexibility index (Phi) is 8.08. The summed E-state index contributed by atoms with van der Waals surface area (Å²) < 4.78 is 11.7. The fourth-order valence-electron chi connectivity index (χ4n) is 4.60. The minimum absolute atomic E-state index is 0.0476. The lowest BCUT2D eigenvalue weighted by molar-refractivity contribution is -0.130. The molecule has 4 heterocycles. The van der Waals surface area contributed by atoms with Gasteiger partial charge in [-0.15, -0.1) is 11.6 Å². The molecule has 2 unspecified atom stereocenters. The predicted molar refractivity (Wildman–Crippen MR) is 144 cm³/mol. The number of carbonyl (C=O) groups excluding carboxylic acids is 1. The number of pyridine rings is 1. The molecule has 2 fully saturated rings. The van der Waals surface area contributed by atoms with Gasteiger partial charge in [-0.2, -0.15) is 0 Å². The molecule has 2 saturated heterocycles. The average molecular weight is 542 g/mol. The number of hydrogen-bond donors (Lipinski definition) is 0. The van der Waals surface area contributed by atoms with Crippen LogP contribution < -0.4 is 9.64 Å². The van der Waals surface area contributed by atoms with Crippen molar-refractivity contribution in [2.24, 2.45) is 0 Å². The Morgan fingerprint density at radius 3 is 2.76 bits per heavy atom. The number of halogens is 2. The van der Waals surface area contributed by atoms with Crippen molar-refractivity contribution in [3.8, 4) is 28.3 Å². The van der Waals surface area contributed by atoms with Crippen molar-refractivity contribution in [2.45, 2.75) is 31.2 Å². The number of aromatic nitrogens is 3. The molecule has 194 valence electrons. The lowest BCUT2D eigenvalue weighted by atomic mass is 10.0. The molecule has 10 heteroatoms. The van der Waals surface area contributed by atoms with E-state index in [0.29, 0.717) is 49.2 Å². The quantitative estimate of drug-likeness (QED) is 0.401. The van der Waals surface area contributed by atoms with E-state index in [1.807, 2.05) is 30.3 Å². The Labute approximate surface area is 226 Å². The third-order valence-electron chi connectivity index (χ3n) is 6.61. The zero-order chi connectivity index (χ0) is 25.8. The molecular weight excluding hydrogens is 513 g/mol. The maximum atomic E-state index is 12.3. The van der Waals surface area contributed by atoms with Gasteiger partial charge in [0.25, 0.3) is 0 Å². The van der Waals surface area contributed by atoms with E-state index < -0.39 is 5.38 Å². The van der Waals surface area contributed by atoms with Crippen LogP contribution in [0.4, 0.5) is 5.82 Å². The zero-order valence-corrected chi connectivity index (χ0v) is 22.2. The Bertz CT molecular complexity index is 1240. The Morgan fingerprint density at radius 1 is 1.19 bits per heavy atom. The largest absolute Gasteiger partial charge is 0.491 e. The van der Waals surface area contributed by atoms with Crippen LogP contribution in [0.2, 0.25) is 5.02 Å². The Morgan fingerprint density at radius 2 is 2.03 bits per heavy atom. The van der Waals surface area contributed by atoms with E-state index in [2.05, 4.69) is 9.88 Å². The van der Waals surface area contributed by atoms with Crippen molar-refractivity contribution >= 4 is 34.9 Å². The van der Waals surface area contributed by atoms with Crippen LogP contribution >= 0.6 is 23.2 Å². The molecule has 0 spiro atoms. The maximum Gasteiger partial charge on any atom is 0.240 e. The highest BCUT2D eigenvalue weighted by Crippen LogP contribution is 2.35. The van der Waals surface area contributed by atoms with E-state index in [0.717, 1.165) is 42.1 Å². The number of benzene rings is 1. The summed E-state index contributed by atoms with van der Waals surface area (Å²) in [5, 5.41) is -0.0380. The van der Waals surface area contributed by atoms with Gasteiger partial charge in [-0.3, -0.25) is 14.8 Å². The Balaban J connectivity index is 1.43. The third-order valence-corrected chi connectivity index (χ3v) is 7.10. The highest BCUT2D eigenvalue weighted by molar-refractivity contribution is 6.33. The smallest absolute Gasteiger partial charge is 0.240 e. The van der Waals surface area contributed by atoms with Gasteiger partial charge in [0.05, 0.1) is 23.0 Å². The molecule has 0 saturated carbocycles. The molecule has 0 bridgehead atoms. The molecule has 2 atom stereocenters. The number of hydrogen-bond acceptors (Lipinski definition) is 7. The first-order valence-electron chi connectivity index (χ1n) is 12.5. The maximum absolute atomic E-state index is 12.3. The summed E-state index contributed by atoms with van der Waals surface area (Å²) in [6.45, 7) is 5.45. The first-order valence-corrected chi connectivity index (χ1v) is 13.3. The summed E-state index contributed by atoms with van der Waals surface area (Å²) in [5.74, 6) is 1.43. The molecule has 5 rings (SSSR count). The monoisotopic (exact) mass is 541 g/mol. The highest BCUT2D eigenvalue weighted by Gasteiger charge is 2.26. The van der Waals surface area contributed by atoms with Crippen LogP contribution in [0.1, 0.15) is 19.8 Å². The van der Waals surface area contributed by atoms with Crippen LogP contribution in [0.15, 0.2) is 48.9 Å². The average Bonchev–Trinajstić information content (AvgIpc) is 3.46. The van der Waals surface area contributed by atoms with Crippen LogP contribution in [0.3, 0.4) is 0 Å². The van der Waals surface area contributed by atoms with Gasteiger partial charge in [-0.05, 0) is 38.0 Å². The van der Waals surface area contributed by atoms with Gasteiger partial charge < -0.3 is 19.3 Å². The standard InChI is InChI=1S/C27H29Cl2N5O3/c1-18(28)27(35)34-11-9-33(10-12-34)24-16-31-25(26(32-24)22-7-8-30-15-23(22)29)19-4-2-5-20(14-19)37-17-21-6-3-13-36-21/h2,4-5,7-8,14-16,18,21H,3,6,9-13,17H2,1H3. The van der Waals surface area contributed by atoms with Gasteiger partial charge in [0, 0.05) is 56.3 Å². The zero-order valence-electron chi connectivity index (χ0n) is 20.6. The van der Waals surface area contributed by atoms with Crippen molar-refractivity contribution in [1.29, 1.82) is 0 Å². The van der Waals surface area contributed by atoms with Gasteiger partial charge >= 0.3 is 0 Å². The summed E-state index contributed by atoms with van der Waals surface area (Å²) in [6, 6.07) is 9.67. The van der Waals surface area contributed by atoms with E-state index in [1.54, 1.807) is 30.4 Å². The molecule has 1 amide bonds. The summed E-state index contributed by atoms with van der Waals surface area (Å²) in [6.07, 6.45) is 7.30. The lowest BCUT2D eigenvalue weighted by Gasteiger charge is -2.36. The normalized spacial score (nSPS) is 18.6. The van der Waals surface area contributed by atoms with Gasteiger partial charge in [-0.1, -0.05) is 23.7 Å². The van der Waals surface area contributed by atoms with Gasteiger partial charge in [0.15, 0.2) is 0 Å². The first kappa shape index (κ1) is 25.7. The fraction of sp³-hybridized carbons (Fsp3) is 0.407. The molecule has 1 aromatic carbocycles. The highest BCUT2D eigenvalue weighted by atomic mass is 35.5. The third kappa shape index (κ3) is 5.98. The Hall–Kier alpha value is -2.94. The molecular formula is C27H29Cl2N5O3. The first-order chi connectivity index (χ1) is 18.0. The van der Waals surface area contributed by atoms with Crippen molar-refractivity contribution in [2.75, 3.05) is 44.3 Å². The fourth-order valence-corrected chi connectivity index (χ4v) is 4.95. The van der Waals surface area contributed by atoms with Crippen molar-refractivity contribution in [3.05, 3.63) is 53.9 Å². The van der Waals surface area contributed by atoms with Gasteiger partial charge in [-0.25, -0.2) is 4.98 Å². The topological polar surface area (TPSA) is 80.7 Å². The second-order valence-corrected chi connectivity index (χ2v) is 10.2. The van der Waals surface area contributed by atoms with Crippen molar-refractivity contribution in [3.63, 3.8) is 0 Å². The SMILES string of the molecule is CC(Cl)C(=O)N1CCN(c2cnc(-c3cccc(OCC4CCCO4)c3)c(-c3ccncc3Cl)n2)CC1. The molecule has 0 aliphatic carbocycles. The van der Waals surface area contributed by atoms with Crippen LogP contribution in [0, 0.1) is 0 Å². The minimum atomic E-state index is -0.531. The molecule has 3 aromatic rings. The van der Waals surface area contributed by atoms with Gasteiger partial charge in [0.2, 0.25) is 5.91 Å². The number of anilines is 1. The summed E-state index contributed by atoms with van der Waals surface area (Å²) in [5.41, 5.74) is 2.98. The van der Waals surface area contributed by atoms with Crippen molar-refractivity contribution < 1.29 is 14.3 Å². The number of amides is 1. The van der Waals surface area contributed by atoms with Crippen LogP contribution in [0.5, 0.6) is 5.75 Å². The second-order valence-electron chi connectivity index (χ2n) is 9.18. The lowest BCUT2D eigenvalue weighted by Crippen LogP contribution is -2.50.